The van der Waals surface area contributed by atoms with Crippen molar-refractivity contribution in [3.05, 3.63) is 106 Å². The summed E-state index contributed by atoms with van der Waals surface area (Å²) in [5.41, 5.74) is 14.4. The van der Waals surface area contributed by atoms with E-state index in [1.807, 2.05) is 30.3 Å². The number of benzene rings is 3. The van der Waals surface area contributed by atoms with Crippen LogP contribution in [0.25, 0.3) is 27.8 Å². The van der Waals surface area contributed by atoms with Crippen molar-refractivity contribution >= 4 is 61.2 Å². The van der Waals surface area contributed by atoms with E-state index in [2.05, 4.69) is 36.0 Å². The summed E-state index contributed by atoms with van der Waals surface area (Å²) in [7, 11) is 0. The molecule has 13 heteroatoms. The average Bonchev–Trinajstić information content (AvgIpc) is 3.31. The van der Waals surface area contributed by atoms with Gasteiger partial charge in [-0.3, -0.25) is 4.90 Å². The second-order valence-corrected chi connectivity index (χ2v) is 10.3. The molecule has 0 aliphatic rings. The zero-order valence-electron chi connectivity index (χ0n) is 21.7. The quantitative estimate of drug-likeness (QED) is 0.208. The lowest BCUT2D eigenvalue weighted by molar-refractivity contribution is 0.201. The Morgan fingerprint density at radius 2 is 1.64 bits per heavy atom. The average molecular weight is 631 g/mol. The fourth-order valence-electron chi connectivity index (χ4n) is 4.85. The summed E-state index contributed by atoms with van der Waals surface area (Å²) in [5.74, 6) is -1.67. The summed E-state index contributed by atoms with van der Waals surface area (Å²) < 4.78 is 30.7. The zero-order chi connectivity index (χ0) is 29.5. The Bertz CT molecular complexity index is 1990. The van der Waals surface area contributed by atoms with E-state index in [1.54, 1.807) is 24.3 Å². The third-order valence-corrected chi connectivity index (χ3v) is 7.47. The molecule has 210 valence electrons. The van der Waals surface area contributed by atoms with Gasteiger partial charge in [-0.15, -0.1) is 0 Å². The van der Waals surface area contributed by atoms with Crippen LogP contribution in [0.2, 0.25) is 0 Å². The molecule has 3 aromatic carbocycles. The number of nitrogens with two attached hydrogens (primary N) is 2. The first kappa shape index (κ1) is 27.0. The second-order valence-electron chi connectivity index (χ2n) is 9.41. The minimum atomic E-state index is -1.32. The Balaban J connectivity index is 1.43. The molecule has 6 aromatic rings. The SMILES string of the molecule is Nc1nc(-n2nc(Cc3ccccc3F)c3ncc(F)cc32)nc(N)c1N(Cc1ccc(Br)c2ccccc12)C(=O)O. The van der Waals surface area contributed by atoms with Gasteiger partial charge in [0.05, 0.1) is 24.0 Å². The maximum atomic E-state index is 14.4. The van der Waals surface area contributed by atoms with Crippen molar-refractivity contribution in [1.29, 1.82) is 0 Å². The van der Waals surface area contributed by atoms with Crippen molar-refractivity contribution in [2.24, 2.45) is 0 Å². The molecule has 0 unspecified atom stereocenters. The predicted octanol–water partition coefficient (Wildman–Crippen LogP) is 5.84. The molecule has 0 aliphatic carbocycles. The summed E-state index contributed by atoms with van der Waals surface area (Å²) in [4.78, 5) is 26.1. The van der Waals surface area contributed by atoms with Gasteiger partial charge in [0.1, 0.15) is 22.8 Å². The van der Waals surface area contributed by atoms with Crippen LogP contribution >= 0.6 is 15.9 Å². The maximum absolute atomic E-state index is 14.4. The molecular weight excluding hydrogens is 610 g/mol. The van der Waals surface area contributed by atoms with Crippen LogP contribution in [0.1, 0.15) is 16.8 Å². The van der Waals surface area contributed by atoms with Gasteiger partial charge in [-0.25, -0.2) is 18.6 Å². The number of hydrogen-bond donors (Lipinski definition) is 3. The molecule has 42 heavy (non-hydrogen) atoms. The number of carboxylic acid groups (broad SMARTS) is 1. The first-order valence-corrected chi connectivity index (χ1v) is 13.4. The number of nitrogens with zero attached hydrogens (tertiary/aromatic N) is 6. The van der Waals surface area contributed by atoms with Gasteiger partial charge >= 0.3 is 6.09 Å². The van der Waals surface area contributed by atoms with Crippen molar-refractivity contribution < 1.29 is 18.7 Å². The number of fused-ring (bicyclic) bond motifs is 2. The van der Waals surface area contributed by atoms with Gasteiger partial charge in [-0.05, 0) is 34.0 Å². The number of hydrogen-bond acceptors (Lipinski definition) is 7. The summed E-state index contributed by atoms with van der Waals surface area (Å²) in [6, 6.07) is 18.6. The molecule has 3 aromatic heterocycles. The van der Waals surface area contributed by atoms with Crippen LogP contribution in [0.4, 0.5) is 30.9 Å². The predicted molar refractivity (Wildman–Crippen MR) is 158 cm³/mol. The van der Waals surface area contributed by atoms with Gasteiger partial charge < -0.3 is 16.6 Å². The van der Waals surface area contributed by atoms with E-state index in [9.17, 15) is 18.7 Å². The molecule has 6 rings (SSSR count). The monoisotopic (exact) mass is 630 g/mol. The van der Waals surface area contributed by atoms with E-state index in [-0.39, 0.29) is 41.8 Å². The Kier molecular flexibility index (Phi) is 6.86. The van der Waals surface area contributed by atoms with Crippen molar-refractivity contribution in [2.75, 3.05) is 16.4 Å². The normalized spacial score (nSPS) is 11.3. The lowest BCUT2D eigenvalue weighted by atomic mass is 10.0. The van der Waals surface area contributed by atoms with Crippen molar-refractivity contribution in [1.82, 2.24) is 24.7 Å². The number of aromatic nitrogens is 5. The molecule has 5 N–H and O–H groups in total. The van der Waals surface area contributed by atoms with E-state index < -0.39 is 17.7 Å². The molecule has 0 saturated heterocycles. The van der Waals surface area contributed by atoms with Crippen LogP contribution in [0.15, 0.2) is 77.4 Å². The first-order valence-electron chi connectivity index (χ1n) is 12.6. The highest BCUT2D eigenvalue weighted by Gasteiger charge is 2.26. The van der Waals surface area contributed by atoms with Crippen molar-refractivity contribution in [3.63, 3.8) is 0 Å². The number of amides is 1. The molecule has 1 amide bonds. The molecule has 0 radical (unpaired) electrons. The number of pyridine rings is 1. The van der Waals surface area contributed by atoms with Crippen molar-refractivity contribution in [3.8, 4) is 5.95 Å². The van der Waals surface area contributed by atoms with E-state index in [1.165, 1.54) is 16.8 Å². The molecule has 0 atom stereocenters. The van der Waals surface area contributed by atoms with Gasteiger partial charge in [0, 0.05) is 17.0 Å². The van der Waals surface area contributed by atoms with Crippen LogP contribution in [0.3, 0.4) is 0 Å². The molecule has 0 fully saturated rings. The summed E-state index contributed by atoms with van der Waals surface area (Å²) in [6.07, 6.45) is -0.228. The van der Waals surface area contributed by atoms with Crippen LogP contribution in [0.5, 0.6) is 0 Å². The molecule has 0 spiro atoms. The minimum Gasteiger partial charge on any atom is -0.465 e. The van der Waals surface area contributed by atoms with E-state index in [4.69, 9.17) is 11.5 Å². The largest absolute Gasteiger partial charge is 0.465 e. The van der Waals surface area contributed by atoms with Gasteiger partial charge in [0.15, 0.2) is 11.6 Å². The molecule has 0 saturated carbocycles. The van der Waals surface area contributed by atoms with Gasteiger partial charge in [0.2, 0.25) is 0 Å². The number of anilines is 3. The third-order valence-electron chi connectivity index (χ3n) is 6.78. The molecule has 3 heterocycles. The number of carbonyl (C=O) groups is 1. The fourth-order valence-corrected chi connectivity index (χ4v) is 5.33. The lowest BCUT2D eigenvalue weighted by Gasteiger charge is -2.23. The molecule has 0 bridgehead atoms. The van der Waals surface area contributed by atoms with Gasteiger partial charge in [0.25, 0.3) is 5.95 Å². The summed E-state index contributed by atoms with van der Waals surface area (Å²) in [5, 5.41) is 16.4. The molecular formula is C29H21BrF2N8O2. The van der Waals surface area contributed by atoms with E-state index in [0.29, 0.717) is 22.3 Å². The summed E-state index contributed by atoms with van der Waals surface area (Å²) >= 11 is 3.52. The highest BCUT2D eigenvalue weighted by atomic mass is 79.9. The maximum Gasteiger partial charge on any atom is 0.412 e. The van der Waals surface area contributed by atoms with Crippen LogP contribution in [-0.4, -0.2) is 35.9 Å². The Hall–Kier alpha value is -5.17. The second kappa shape index (κ2) is 10.7. The van der Waals surface area contributed by atoms with Crippen LogP contribution in [0, 0.1) is 11.6 Å². The standard InChI is InChI=1S/C29H21BrF2N8O2/c30-20-10-9-16(18-6-2-3-7-19(18)20)14-39(29(41)42)25-26(33)36-28(37-27(25)34)40-23-12-17(31)13-35-24(23)22(38-40)11-15-5-1-4-8-21(15)32/h1-10,12-13H,11,14H2,(H,41,42)(H4,33,34,36,37). The minimum absolute atomic E-state index is 0.0613. The lowest BCUT2D eigenvalue weighted by Crippen LogP contribution is -2.31. The zero-order valence-corrected chi connectivity index (χ0v) is 23.3. The van der Waals surface area contributed by atoms with E-state index >= 15 is 0 Å². The van der Waals surface area contributed by atoms with Crippen LogP contribution < -0.4 is 16.4 Å². The molecule has 0 aliphatic heterocycles. The van der Waals surface area contributed by atoms with Gasteiger partial charge in [-0.1, -0.05) is 64.5 Å². The molecule has 10 nitrogen and oxygen atoms in total. The van der Waals surface area contributed by atoms with Crippen LogP contribution in [-0.2, 0) is 13.0 Å². The highest BCUT2D eigenvalue weighted by molar-refractivity contribution is 9.10. The Morgan fingerprint density at radius 1 is 0.952 bits per heavy atom. The van der Waals surface area contributed by atoms with E-state index in [0.717, 1.165) is 26.3 Å². The smallest absolute Gasteiger partial charge is 0.412 e. The summed E-state index contributed by atoms with van der Waals surface area (Å²) in [6.45, 7) is -0.0904. The highest BCUT2D eigenvalue weighted by Crippen LogP contribution is 2.34. The Labute approximate surface area is 245 Å². The topological polar surface area (TPSA) is 149 Å². The Morgan fingerprint density at radius 3 is 2.36 bits per heavy atom. The third kappa shape index (κ3) is 4.83. The first-order chi connectivity index (χ1) is 20.2. The van der Waals surface area contributed by atoms with Crippen molar-refractivity contribution in [2.45, 2.75) is 13.0 Å². The number of rotatable bonds is 6. The number of nitrogen functional groups attached to an aromatic ring is 2. The number of halogens is 3. The van der Waals surface area contributed by atoms with Gasteiger partial charge in [-0.2, -0.15) is 19.7 Å². The fraction of sp³-hybridized carbons (Fsp3) is 0.0690.